The van der Waals surface area contributed by atoms with Crippen LogP contribution in [-0.4, -0.2) is 178 Å². The Morgan fingerprint density at radius 3 is 1.85 bits per heavy atom. The van der Waals surface area contributed by atoms with Gasteiger partial charge in [-0.15, -0.1) is 0 Å². The Labute approximate surface area is 494 Å². The van der Waals surface area contributed by atoms with Gasteiger partial charge in [0.2, 0.25) is 5.91 Å². The van der Waals surface area contributed by atoms with Crippen molar-refractivity contribution >= 4 is 29.7 Å². The zero-order valence-corrected chi connectivity index (χ0v) is 53.5. The number of aliphatic hydroxyl groups is 5. The Balaban J connectivity index is 0.0000141. The van der Waals surface area contributed by atoms with Crippen LogP contribution in [0.5, 0.6) is 0 Å². The average molecular weight is 1180 g/mol. The van der Waals surface area contributed by atoms with E-state index in [1.807, 2.05) is 39.8 Å². The molecule has 3 fully saturated rings. The van der Waals surface area contributed by atoms with Gasteiger partial charge in [-0.05, 0) is 138 Å². The lowest BCUT2D eigenvalue weighted by Gasteiger charge is -2.48. The topological polar surface area (TPSA) is 197 Å². The molecule has 15 nitrogen and oxygen atoms in total. The fourth-order valence-electron chi connectivity index (χ4n) is 13.5. The third-order valence-corrected chi connectivity index (χ3v) is 23.1. The number of hydrogen-bond acceptors (Lipinski definition) is 14. The maximum atomic E-state index is 14.7. The largest absolute Gasteiger partial charge is 1.00 e. The van der Waals surface area contributed by atoms with Crippen LogP contribution >= 0.6 is 7.26 Å². The van der Waals surface area contributed by atoms with Crippen LogP contribution in [-0.2, 0) is 38.0 Å². The number of ether oxygens (including phenoxy) is 6. The smallest absolute Gasteiger partial charge is 0.311 e. The lowest BCUT2D eigenvalue weighted by Crippen LogP contribution is -3.00. The zero-order chi connectivity index (χ0) is 59.2. The van der Waals surface area contributed by atoms with E-state index in [0.29, 0.717) is 12.8 Å². The van der Waals surface area contributed by atoms with Crippen molar-refractivity contribution in [3.63, 3.8) is 0 Å². The second-order valence-electron chi connectivity index (χ2n) is 25.3. The van der Waals surface area contributed by atoms with Gasteiger partial charge in [0.1, 0.15) is 30.0 Å². The van der Waals surface area contributed by atoms with Gasteiger partial charge in [0.15, 0.2) is 12.6 Å². The predicted octanol–water partition coefficient (Wildman–Crippen LogP) is 5.78. The summed E-state index contributed by atoms with van der Waals surface area (Å²) >= 11 is 0. The molecule has 0 aliphatic carbocycles. The average Bonchev–Trinajstić information content (AvgIpc) is 3.49. The molecule has 0 aromatic heterocycles. The first kappa shape index (κ1) is 71.1. The van der Waals surface area contributed by atoms with Crippen molar-refractivity contribution in [3.8, 4) is 0 Å². The fraction of sp³-hybridized carbons (Fsp3) is 0.781. The van der Waals surface area contributed by atoms with E-state index in [-0.39, 0.29) is 62.7 Å². The first-order valence-corrected chi connectivity index (χ1v) is 32.7. The quantitative estimate of drug-likeness (QED) is 0.0510. The summed E-state index contributed by atoms with van der Waals surface area (Å²) in [6.45, 7) is 19.8. The highest BCUT2D eigenvalue weighted by molar-refractivity contribution is 7.89. The summed E-state index contributed by atoms with van der Waals surface area (Å²) in [4.78, 5) is 32.8. The minimum Gasteiger partial charge on any atom is -1.00 e. The molecular weight excluding hydrogens is 1070 g/mol. The number of halogens is 1. The fourth-order valence-corrected chi connectivity index (χ4v) is 18.0. The number of hydrogen-bond donors (Lipinski definition) is 5. The van der Waals surface area contributed by atoms with Gasteiger partial charge in [-0.2, -0.15) is 0 Å². The molecule has 5 rings (SSSR count). The minimum atomic E-state index is -2.00. The summed E-state index contributed by atoms with van der Waals surface area (Å²) in [5.41, 5.74) is -4.78. The van der Waals surface area contributed by atoms with Crippen LogP contribution in [0, 0.1) is 17.8 Å². The molecule has 0 spiro atoms. The van der Waals surface area contributed by atoms with E-state index < -0.39 is 109 Å². The summed E-state index contributed by atoms with van der Waals surface area (Å²) in [5.74, 6) is -3.24. The number of nitrogens with zero attached hydrogens (tertiary/aromatic N) is 2. The number of amides is 1. The van der Waals surface area contributed by atoms with Crippen molar-refractivity contribution in [3.05, 3.63) is 60.7 Å². The van der Waals surface area contributed by atoms with Gasteiger partial charge in [0.05, 0.1) is 77.8 Å². The summed E-state index contributed by atoms with van der Waals surface area (Å²) in [5, 5.41) is 63.4. The molecule has 464 valence electrons. The summed E-state index contributed by atoms with van der Waals surface area (Å²) in [6.07, 6.45) is 4.05. The van der Waals surface area contributed by atoms with Crippen molar-refractivity contribution in [2.45, 2.75) is 263 Å². The number of likely N-dealkylation sites (N-methyl/N-ethyl adjacent to an activating group) is 1. The van der Waals surface area contributed by atoms with E-state index in [2.05, 4.69) is 67.6 Å². The lowest BCUT2D eigenvalue weighted by molar-refractivity contribution is -0.318. The van der Waals surface area contributed by atoms with Crippen molar-refractivity contribution in [1.29, 1.82) is 0 Å². The van der Waals surface area contributed by atoms with Crippen LogP contribution in [0.25, 0.3) is 0 Å². The van der Waals surface area contributed by atoms with E-state index in [0.717, 1.165) is 25.7 Å². The highest BCUT2D eigenvalue weighted by Gasteiger charge is 2.53. The molecule has 3 heterocycles. The number of carbonyl (C=O) groups is 2. The second-order valence-corrected chi connectivity index (χ2v) is 29.2. The molecule has 81 heavy (non-hydrogen) atoms. The van der Waals surface area contributed by atoms with Gasteiger partial charge in [-0.1, -0.05) is 103 Å². The molecule has 2 aromatic carbocycles. The van der Waals surface area contributed by atoms with Crippen LogP contribution in [0.4, 0.5) is 0 Å². The van der Waals surface area contributed by atoms with Gasteiger partial charge < -0.3 is 76.2 Å². The minimum absolute atomic E-state index is 0. The molecule has 3 aliphatic rings. The van der Waals surface area contributed by atoms with E-state index in [9.17, 15) is 35.1 Å². The first-order chi connectivity index (χ1) is 37.8. The number of methoxy groups -OCH3 is 1. The highest BCUT2D eigenvalue weighted by Crippen LogP contribution is 2.57. The van der Waals surface area contributed by atoms with E-state index >= 15 is 0 Å². The molecule has 3 saturated heterocycles. The maximum absolute atomic E-state index is 14.7. The summed E-state index contributed by atoms with van der Waals surface area (Å²) in [6, 6.07) is 21.1. The van der Waals surface area contributed by atoms with Crippen LogP contribution < -0.4 is 23.0 Å². The molecule has 17 heteroatoms. The first-order valence-electron chi connectivity index (χ1n) is 30.6. The predicted molar refractivity (Wildman–Crippen MR) is 319 cm³/mol. The molecule has 0 bridgehead atoms. The van der Waals surface area contributed by atoms with Crippen LogP contribution in [0.1, 0.15) is 172 Å². The zero-order valence-electron chi connectivity index (χ0n) is 51.9. The molecule has 18 atom stereocenters. The van der Waals surface area contributed by atoms with Gasteiger partial charge in [0, 0.05) is 38.5 Å². The molecule has 2 aromatic rings. The van der Waals surface area contributed by atoms with Crippen molar-refractivity contribution in [1.82, 2.24) is 9.80 Å². The number of unbranched alkanes of at least 4 members (excludes halogenated alkanes) is 8. The maximum Gasteiger partial charge on any atom is 0.311 e. The number of benzene rings is 2. The van der Waals surface area contributed by atoms with E-state index in [4.69, 9.17) is 28.4 Å². The number of carbonyl (C=O) groups excluding carboxylic acids is 2. The summed E-state index contributed by atoms with van der Waals surface area (Å²) < 4.78 is 38.3. The Bertz CT molecular complexity index is 2110. The normalized spacial score (nSPS) is 35.8. The Hall–Kier alpha value is -2.34. The second kappa shape index (κ2) is 32.4. The molecule has 5 N–H and O–H groups in total. The van der Waals surface area contributed by atoms with Crippen LogP contribution in [0.3, 0.4) is 0 Å². The molecule has 0 unspecified atom stereocenters. The van der Waals surface area contributed by atoms with Gasteiger partial charge >= 0.3 is 5.97 Å². The Morgan fingerprint density at radius 2 is 1.32 bits per heavy atom. The Kier molecular flexibility index (Phi) is 28.5. The molecule has 0 saturated carbocycles. The van der Waals surface area contributed by atoms with E-state index in [1.165, 1.54) is 69.1 Å². The summed E-state index contributed by atoms with van der Waals surface area (Å²) in [7, 11) is 3.77. The molecule has 3 aliphatic heterocycles. The van der Waals surface area contributed by atoms with Crippen molar-refractivity contribution in [2.75, 3.05) is 40.1 Å². The number of esters is 1. The van der Waals surface area contributed by atoms with Crippen LogP contribution in [0.15, 0.2) is 60.7 Å². The number of rotatable bonds is 23. The monoisotopic (exact) mass is 1180 g/mol. The highest BCUT2D eigenvalue weighted by atomic mass is 35.5. The van der Waals surface area contributed by atoms with Gasteiger partial charge in [0.25, 0.3) is 0 Å². The Morgan fingerprint density at radius 1 is 0.765 bits per heavy atom. The third-order valence-electron chi connectivity index (χ3n) is 18.3. The lowest BCUT2D eigenvalue weighted by atomic mass is 9.77. The number of aliphatic hydroxyl groups excluding tert-OH is 3. The standard InChI is InChI=1S/C64H108N2O13P.ClH/c1-15-37-80(49-32-26-24-27-33-49,50-34-28-25-29-35-50)38-31-23-21-19-17-18-20-22-30-36-53(67)66-42-43(3)40-62(9,72)59(79-61-55(68)51(65(12)13)39-44(4)75-61)45(5)56(78-54-41-63(10,74-14)58(70)48(8)76-54)46(6)60(71)77-52(16-2)64(11,73)57(69)47(66)7;/h24-29,32-35,43-48,51-52,54-59,61,68-70,72-73H,15-23,30-31,36-42H2,1-14H3;1H/q+1;/p-1/t43-,44-,45+,46-,47-,48+,51+,52-,54+,55-,56+,57-,58+,59-,61+,62-,63-,64-;/m1./s1. The van der Waals surface area contributed by atoms with Crippen molar-refractivity contribution < 1.29 is 75.9 Å². The van der Waals surface area contributed by atoms with Crippen LogP contribution in [0.2, 0.25) is 0 Å². The van der Waals surface area contributed by atoms with Gasteiger partial charge in [-0.3, -0.25) is 9.59 Å². The number of cyclic esters (lactones) is 1. The van der Waals surface area contributed by atoms with E-state index in [1.54, 1.807) is 46.4 Å². The SMILES string of the molecule is CCC[P+](CCCCCCCCCCCC(=O)N1C[C@H](C)C[C@@](C)(O)[C@H](O[C@@H]2O[C@H](C)C[C@H](N(C)C)[C@H]2O)[C@@H](C)[C@H](O[C@H]2C[C@@](C)(OC)[C@@H](O)[C@H](C)O2)[C@@H](C)C(=O)O[C@H](CC)[C@@](C)(O)[C@H](O)[C@H]1C)(c1ccccc1)c1ccccc1.[Cl-]. The van der Waals surface area contributed by atoms with Gasteiger partial charge in [-0.25, -0.2) is 0 Å². The molecular formula is C64H108ClN2O13P. The third kappa shape index (κ3) is 18.3. The van der Waals surface area contributed by atoms with Crippen molar-refractivity contribution in [2.24, 2.45) is 17.8 Å². The molecule has 1 amide bonds. The molecule has 0 radical (unpaired) electrons.